The number of unbranched alkanes of at least 4 members (excludes halogenated alkanes) is 2. The highest BCUT2D eigenvalue weighted by molar-refractivity contribution is 7.90. The largest absolute Gasteiger partial charge is 0.324 e. The molecule has 0 unspecified atom stereocenters. The summed E-state index contributed by atoms with van der Waals surface area (Å²) in [6, 6.07) is 5.88. The normalized spacial score (nSPS) is 21.6. The Morgan fingerprint density at radius 3 is 2.77 bits per heavy atom. The lowest BCUT2D eigenvalue weighted by Crippen LogP contribution is -2.42. The third kappa shape index (κ3) is 3.27. The molecule has 1 aliphatic carbocycles. The highest BCUT2D eigenvalue weighted by Gasteiger charge is 2.28. The van der Waals surface area contributed by atoms with Gasteiger partial charge in [0.05, 0.1) is 11.7 Å². The van der Waals surface area contributed by atoms with Crippen LogP contribution in [0.15, 0.2) is 28.1 Å². The van der Waals surface area contributed by atoms with Crippen molar-refractivity contribution in [3.05, 3.63) is 23.8 Å². The summed E-state index contributed by atoms with van der Waals surface area (Å²) in [6.45, 7) is 2.16. The summed E-state index contributed by atoms with van der Waals surface area (Å²) in [5.74, 6) is 0.357. The SMILES string of the molecule is CCCCCc1ccc2c(c1)S(=O)(=O)NC(=NC1CCC1)N2. The van der Waals surface area contributed by atoms with E-state index in [9.17, 15) is 8.42 Å². The van der Waals surface area contributed by atoms with Crippen LogP contribution in [0.25, 0.3) is 0 Å². The molecule has 5 nitrogen and oxygen atoms in total. The topological polar surface area (TPSA) is 70.6 Å². The third-order valence-corrected chi connectivity index (χ3v) is 5.65. The first-order chi connectivity index (χ1) is 10.6. The molecule has 3 rings (SSSR count). The van der Waals surface area contributed by atoms with E-state index < -0.39 is 10.0 Å². The molecule has 2 N–H and O–H groups in total. The lowest BCUT2D eigenvalue weighted by molar-refractivity contribution is 0.419. The van der Waals surface area contributed by atoms with E-state index in [0.29, 0.717) is 16.5 Å². The van der Waals surface area contributed by atoms with E-state index in [-0.39, 0.29) is 6.04 Å². The van der Waals surface area contributed by atoms with Crippen LogP contribution in [0.2, 0.25) is 0 Å². The predicted molar refractivity (Wildman–Crippen MR) is 88.7 cm³/mol. The van der Waals surface area contributed by atoms with Crippen LogP contribution in [0.4, 0.5) is 5.69 Å². The highest BCUT2D eigenvalue weighted by atomic mass is 32.2. The zero-order chi connectivity index (χ0) is 15.6. The molecule has 0 aromatic heterocycles. The van der Waals surface area contributed by atoms with Crippen LogP contribution < -0.4 is 10.0 Å². The van der Waals surface area contributed by atoms with Crippen molar-refractivity contribution in [2.24, 2.45) is 4.99 Å². The lowest BCUT2D eigenvalue weighted by Gasteiger charge is -2.26. The Hall–Kier alpha value is -1.56. The third-order valence-electron chi connectivity index (χ3n) is 4.28. The molecule has 1 aromatic carbocycles. The number of aryl methyl sites for hydroxylation is 1. The molecule has 120 valence electrons. The quantitative estimate of drug-likeness (QED) is 0.819. The lowest BCUT2D eigenvalue weighted by atomic mass is 9.94. The van der Waals surface area contributed by atoms with Crippen molar-refractivity contribution in [3.63, 3.8) is 0 Å². The minimum atomic E-state index is -3.52. The summed E-state index contributed by atoms with van der Waals surface area (Å²) < 4.78 is 27.4. The van der Waals surface area contributed by atoms with Gasteiger partial charge in [-0.25, -0.2) is 18.1 Å². The predicted octanol–water partition coefficient (Wildman–Crippen LogP) is 3.03. The Morgan fingerprint density at radius 1 is 1.27 bits per heavy atom. The van der Waals surface area contributed by atoms with Gasteiger partial charge in [-0.05, 0) is 49.8 Å². The fourth-order valence-corrected chi connectivity index (χ4v) is 3.90. The van der Waals surface area contributed by atoms with E-state index in [4.69, 9.17) is 0 Å². The Labute approximate surface area is 132 Å². The van der Waals surface area contributed by atoms with Crippen LogP contribution >= 0.6 is 0 Å². The van der Waals surface area contributed by atoms with Crippen LogP contribution in [0, 0.1) is 0 Å². The number of nitrogens with one attached hydrogen (secondary N) is 2. The Kier molecular flexibility index (Phi) is 4.38. The van der Waals surface area contributed by atoms with Crippen molar-refractivity contribution < 1.29 is 8.42 Å². The van der Waals surface area contributed by atoms with E-state index in [1.807, 2.05) is 12.1 Å². The van der Waals surface area contributed by atoms with Gasteiger partial charge in [0.15, 0.2) is 0 Å². The monoisotopic (exact) mass is 321 g/mol. The van der Waals surface area contributed by atoms with Crippen LogP contribution in [-0.4, -0.2) is 20.4 Å². The number of sulfonamides is 1. The molecule has 2 aliphatic rings. The van der Waals surface area contributed by atoms with Gasteiger partial charge < -0.3 is 5.32 Å². The van der Waals surface area contributed by atoms with Crippen LogP contribution in [0.3, 0.4) is 0 Å². The fraction of sp³-hybridized carbons (Fsp3) is 0.562. The number of hydrogen-bond acceptors (Lipinski definition) is 3. The maximum absolute atomic E-state index is 12.4. The van der Waals surface area contributed by atoms with Gasteiger partial charge in [0.25, 0.3) is 10.0 Å². The summed E-state index contributed by atoms with van der Waals surface area (Å²) in [5.41, 5.74) is 1.69. The average Bonchev–Trinajstić information content (AvgIpc) is 2.43. The van der Waals surface area contributed by atoms with E-state index in [1.54, 1.807) is 6.07 Å². The van der Waals surface area contributed by atoms with Gasteiger partial charge in [0.2, 0.25) is 5.96 Å². The number of hydrogen-bond donors (Lipinski definition) is 2. The minimum Gasteiger partial charge on any atom is -0.324 e. The smallest absolute Gasteiger partial charge is 0.266 e. The van der Waals surface area contributed by atoms with E-state index >= 15 is 0 Å². The second kappa shape index (κ2) is 6.28. The number of fused-ring (bicyclic) bond motifs is 1. The van der Waals surface area contributed by atoms with Crippen LogP contribution in [0.1, 0.15) is 51.0 Å². The second-order valence-electron chi connectivity index (χ2n) is 6.08. The standard InChI is InChI=1S/C16H23N3O2S/c1-2-3-4-6-12-9-10-14-15(11-12)22(20,21)19-16(18-14)17-13-7-5-8-13/h9-11,13H,2-8H2,1H3,(H2,17,18,19). The van der Waals surface area contributed by atoms with Gasteiger partial charge >= 0.3 is 0 Å². The van der Waals surface area contributed by atoms with Crippen LogP contribution in [-0.2, 0) is 16.4 Å². The first-order valence-corrected chi connectivity index (χ1v) is 9.57. The van der Waals surface area contributed by atoms with Gasteiger partial charge in [-0.15, -0.1) is 0 Å². The molecule has 1 aromatic rings. The molecular weight excluding hydrogens is 298 g/mol. The van der Waals surface area contributed by atoms with Gasteiger partial charge in [-0.1, -0.05) is 25.8 Å². The Balaban J connectivity index is 1.82. The van der Waals surface area contributed by atoms with E-state index in [2.05, 4.69) is 22.0 Å². The molecule has 1 fully saturated rings. The van der Waals surface area contributed by atoms with Crippen molar-refractivity contribution in [1.29, 1.82) is 0 Å². The van der Waals surface area contributed by atoms with E-state index in [0.717, 1.165) is 37.7 Å². The van der Waals surface area contributed by atoms with Gasteiger partial charge in [0.1, 0.15) is 4.90 Å². The molecule has 0 atom stereocenters. The number of benzene rings is 1. The average molecular weight is 321 g/mol. The number of guanidine groups is 1. The Bertz CT molecular complexity index is 679. The first kappa shape index (κ1) is 15.3. The fourth-order valence-electron chi connectivity index (χ4n) is 2.72. The van der Waals surface area contributed by atoms with Gasteiger partial charge in [-0.3, -0.25) is 0 Å². The van der Waals surface area contributed by atoms with Gasteiger partial charge in [-0.2, -0.15) is 0 Å². The highest BCUT2D eigenvalue weighted by Crippen LogP contribution is 2.28. The van der Waals surface area contributed by atoms with Crippen molar-refractivity contribution in [2.45, 2.75) is 62.8 Å². The van der Waals surface area contributed by atoms with Crippen molar-refractivity contribution >= 4 is 21.7 Å². The molecule has 0 radical (unpaired) electrons. The van der Waals surface area contributed by atoms with Gasteiger partial charge in [0, 0.05) is 0 Å². The molecule has 0 amide bonds. The number of nitrogens with zero attached hydrogens (tertiary/aromatic N) is 1. The molecular formula is C16H23N3O2S. The van der Waals surface area contributed by atoms with Crippen molar-refractivity contribution in [1.82, 2.24) is 4.72 Å². The molecule has 1 heterocycles. The second-order valence-corrected chi connectivity index (χ2v) is 7.73. The molecule has 0 saturated heterocycles. The maximum atomic E-state index is 12.4. The first-order valence-electron chi connectivity index (χ1n) is 8.09. The molecule has 6 heteroatoms. The minimum absolute atomic E-state index is 0.250. The zero-order valence-corrected chi connectivity index (χ0v) is 13.7. The molecule has 22 heavy (non-hydrogen) atoms. The van der Waals surface area contributed by atoms with E-state index in [1.165, 1.54) is 12.8 Å². The van der Waals surface area contributed by atoms with Crippen LogP contribution in [0.5, 0.6) is 0 Å². The summed E-state index contributed by atoms with van der Waals surface area (Å²) in [7, 11) is -3.52. The number of anilines is 1. The number of aliphatic imine (C=N–C) groups is 1. The zero-order valence-electron chi connectivity index (χ0n) is 12.9. The molecule has 0 bridgehead atoms. The summed E-state index contributed by atoms with van der Waals surface area (Å²) >= 11 is 0. The van der Waals surface area contributed by atoms with Crippen molar-refractivity contribution in [3.8, 4) is 0 Å². The maximum Gasteiger partial charge on any atom is 0.266 e. The van der Waals surface area contributed by atoms with Crippen molar-refractivity contribution in [2.75, 3.05) is 5.32 Å². The summed E-state index contributed by atoms with van der Waals surface area (Å²) in [5, 5.41) is 3.11. The molecule has 1 saturated carbocycles. The summed E-state index contributed by atoms with van der Waals surface area (Å²) in [4.78, 5) is 4.76. The Morgan fingerprint density at radius 2 is 2.09 bits per heavy atom. The summed E-state index contributed by atoms with van der Waals surface area (Å²) in [6.07, 6.45) is 7.58. The molecule has 0 spiro atoms. The molecule has 1 aliphatic heterocycles. The number of rotatable bonds is 5.